The number of benzene rings is 2. The van der Waals surface area contributed by atoms with Gasteiger partial charge in [-0.25, -0.2) is 0 Å². The zero-order chi connectivity index (χ0) is 26.2. The second-order valence-corrected chi connectivity index (χ2v) is 11.0. The molecule has 5 rings (SSSR count). The minimum Gasteiger partial charge on any atom is -0.493 e. The van der Waals surface area contributed by atoms with Gasteiger partial charge in [0.2, 0.25) is 0 Å². The van der Waals surface area contributed by atoms with E-state index >= 15 is 0 Å². The van der Waals surface area contributed by atoms with Crippen LogP contribution in [0.5, 0.6) is 11.5 Å². The number of methoxy groups -OCH3 is 2. The van der Waals surface area contributed by atoms with Crippen LogP contribution in [0, 0.1) is 5.41 Å². The first-order chi connectivity index (χ1) is 17.8. The molecule has 0 radical (unpaired) electrons. The lowest BCUT2D eigenvalue weighted by atomic mass is 9.60. The molecule has 1 saturated carbocycles. The molecule has 3 fully saturated rings. The molecule has 1 atom stereocenters. The van der Waals surface area contributed by atoms with Crippen molar-refractivity contribution in [2.24, 2.45) is 5.41 Å². The highest BCUT2D eigenvalue weighted by Gasteiger charge is 2.49. The fourth-order valence-corrected chi connectivity index (χ4v) is 6.58. The maximum atomic E-state index is 9.21. The smallest absolute Gasteiger partial charge is 0.161 e. The van der Waals surface area contributed by atoms with Crippen molar-refractivity contribution in [2.45, 2.75) is 64.0 Å². The SMILES string of the molecule is [2H]C([2H])(c1ccc(OC)c(OC)c1)N1CCN(C2CC3(CCNCC3)C2)C(c2ccccc2C(C)C)C1. The van der Waals surface area contributed by atoms with Gasteiger partial charge in [-0.15, -0.1) is 0 Å². The van der Waals surface area contributed by atoms with E-state index in [1.807, 2.05) is 11.0 Å². The molecule has 2 aromatic rings. The Morgan fingerprint density at radius 3 is 2.49 bits per heavy atom. The van der Waals surface area contributed by atoms with Crippen LogP contribution in [0.3, 0.4) is 0 Å². The number of hydrogen-bond donors (Lipinski definition) is 1. The molecule has 1 unspecified atom stereocenters. The van der Waals surface area contributed by atoms with Gasteiger partial charge in [-0.2, -0.15) is 0 Å². The van der Waals surface area contributed by atoms with E-state index in [-0.39, 0.29) is 6.04 Å². The topological polar surface area (TPSA) is 37.0 Å². The first-order valence-electron chi connectivity index (χ1n) is 14.3. The standard InChI is InChI=1S/C30H43N3O2/c1-22(2)25-7-5-6-8-26(25)27-21-32(20-23-9-10-28(34-3)29(17-23)35-4)15-16-33(27)24-18-30(19-24)11-13-31-14-12-30/h5-10,17,22,24,27,31H,11-16,18-21H2,1-4H3/i20D2. The summed E-state index contributed by atoms with van der Waals surface area (Å²) >= 11 is 0. The summed E-state index contributed by atoms with van der Waals surface area (Å²) in [5.74, 6) is 1.60. The molecule has 2 aliphatic heterocycles. The maximum Gasteiger partial charge on any atom is 0.161 e. The Kier molecular flexibility index (Phi) is 6.64. The van der Waals surface area contributed by atoms with Crippen LogP contribution >= 0.6 is 0 Å². The highest BCUT2D eigenvalue weighted by atomic mass is 16.5. The highest BCUT2D eigenvalue weighted by Crippen LogP contribution is 2.52. The van der Waals surface area contributed by atoms with Crippen molar-refractivity contribution in [2.75, 3.05) is 46.9 Å². The van der Waals surface area contributed by atoms with E-state index in [9.17, 15) is 2.74 Å². The summed E-state index contributed by atoms with van der Waals surface area (Å²) in [5, 5.41) is 3.53. The Morgan fingerprint density at radius 2 is 1.77 bits per heavy atom. The van der Waals surface area contributed by atoms with Crippen LogP contribution in [0.2, 0.25) is 0 Å². The molecular weight excluding hydrogens is 434 g/mol. The molecule has 0 aromatic heterocycles. The molecule has 0 bridgehead atoms. The third-order valence-corrected chi connectivity index (χ3v) is 8.54. The summed E-state index contributed by atoms with van der Waals surface area (Å²) in [6.07, 6.45) is 5.13. The lowest BCUT2D eigenvalue weighted by Gasteiger charge is -2.57. The van der Waals surface area contributed by atoms with Gasteiger partial charge in [0, 0.05) is 41.0 Å². The molecule has 3 aliphatic rings. The predicted octanol–water partition coefficient (Wildman–Crippen LogP) is 5.22. The van der Waals surface area contributed by atoms with Crippen molar-refractivity contribution in [1.82, 2.24) is 15.1 Å². The summed E-state index contributed by atoms with van der Waals surface area (Å²) in [7, 11) is 3.21. The normalized spacial score (nSPS) is 24.7. The van der Waals surface area contributed by atoms with Crippen molar-refractivity contribution in [3.05, 3.63) is 59.2 Å². The van der Waals surface area contributed by atoms with Gasteiger partial charge < -0.3 is 14.8 Å². The van der Waals surface area contributed by atoms with E-state index in [0.717, 1.165) is 19.6 Å². The zero-order valence-electron chi connectivity index (χ0n) is 23.8. The molecule has 2 saturated heterocycles. The third-order valence-electron chi connectivity index (χ3n) is 8.54. The molecule has 35 heavy (non-hydrogen) atoms. The Hall–Kier alpha value is -2.08. The van der Waals surface area contributed by atoms with Crippen molar-refractivity contribution in [3.63, 3.8) is 0 Å². The molecule has 1 spiro atoms. The minimum atomic E-state index is -1.62. The van der Waals surface area contributed by atoms with Crippen LogP contribution in [0.25, 0.3) is 0 Å². The Morgan fingerprint density at radius 1 is 1.03 bits per heavy atom. The number of hydrogen-bond acceptors (Lipinski definition) is 5. The largest absolute Gasteiger partial charge is 0.493 e. The van der Waals surface area contributed by atoms with Crippen LogP contribution in [0.4, 0.5) is 0 Å². The number of ether oxygens (including phenoxy) is 2. The third kappa shape index (κ3) is 5.09. The number of piperazine rings is 1. The molecule has 5 nitrogen and oxygen atoms in total. The Balaban J connectivity index is 1.44. The number of piperidine rings is 1. The molecule has 2 heterocycles. The fourth-order valence-electron chi connectivity index (χ4n) is 6.58. The van der Waals surface area contributed by atoms with E-state index in [1.54, 1.807) is 26.4 Å². The van der Waals surface area contributed by atoms with E-state index < -0.39 is 6.50 Å². The minimum absolute atomic E-state index is 0.173. The van der Waals surface area contributed by atoms with Crippen LogP contribution in [-0.4, -0.2) is 62.8 Å². The van der Waals surface area contributed by atoms with Crippen molar-refractivity contribution < 1.29 is 12.2 Å². The molecule has 190 valence electrons. The van der Waals surface area contributed by atoms with E-state index in [1.165, 1.54) is 36.8 Å². The van der Waals surface area contributed by atoms with E-state index in [2.05, 4.69) is 48.3 Å². The second kappa shape index (κ2) is 10.5. The molecule has 2 aromatic carbocycles. The summed E-state index contributed by atoms with van der Waals surface area (Å²) in [6, 6.07) is 15.0. The van der Waals surface area contributed by atoms with Crippen LogP contribution < -0.4 is 14.8 Å². The number of nitrogens with one attached hydrogen (secondary N) is 1. The molecular formula is C30H43N3O2. The first kappa shape index (κ1) is 22.1. The lowest BCUT2D eigenvalue weighted by Crippen LogP contribution is -2.59. The maximum absolute atomic E-state index is 9.21. The average Bonchev–Trinajstić information content (AvgIpc) is 2.91. The first-order valence-corrected chi connectivity index (χ1v) is 13.3. The Labute approximate surface area is 214 Å². The quantitative estimate of drug-likeness (QED) is 0.589. The van der Waals surface area contributed by atoms with E-state index in [0.29, 0.717) is 47.5 Å². The lowest BCUT2D eigenvalue weighted by molar-refractivity contribution is -0.0650. The van der Waals surface area contributed by atoms with Gasteiger partial charge in [-0.3, -0.25) is 9.80 Å². The van der Waals surface area contributed by atoms with Crippen LogP contribution in [0.1, 0.15) is 70.9 Å². The van der Waals surface area contributed by atoms with Crippen molar-refractivity contribution >= 4 is 0 Å². The second-order valence-electron chi connectivity index (χ2n) is 11.0. The van der Waals surface area contributed by atoms with Gasteiger partial charge in [-0.1, -0.05) is 44.2 Å². The zero-order valence-corrected chi connectivity index (χ0v) is 21.8. The fraction of sp³-hybridized carbons (Fsp3) is 0.600. The van der Waals surface area contributed by atoms with Gasteiger partial charge in [0.05, 0.1) is 14.2 Å². The summed E-state index contributed by atoms with van der Waals surface area (Å²) in [6.45, 7) is 7.44. The molecule has 5 heteroatoms. The number of rotatable bonds is 7. The van der Waals surface area contributed by atoms with Crippen molar-refractivity contribution in [3.8, 4) is 11.5 Å². The van der Waals surface area contributed by atoms with Crippen molar-refractivity contribution in [1.29, 1.82) is 0 Å². The summed E-state index contributed by atoms with van der Waals surface area (Å²) < 4.78 is 29.3. The highest BCUT2D eigenvalue weighted by molar-refractivity contribution is 5.43. The van der Waals surface area contributed by atoms with Gasteiger partial charge in [-0.05, 0) is 78.9 Å². The number of nitrogens with zero attached hydrogens (tertiary/aromatic N) is 2. The summed E-state index contributed by atoms with van der Waals surface area (Å²) in [5.41, 5.74) is 3.86. The van der Waals surface area contributed by atoms with Gasteiger partial charge in [0.1, 0.15) is 0 Å². The summed E-state index contributed by atoms with van der Waals surface area (Å²) in [4.78, 5) is 4.75. The van der Waals surface area contributed by atoms with Gasteiger partial charge in [0.15, 0.2) is 11.5 Å². The van der Waals surface area contributed by atoms with Crippen LogP contribution in [0.15, 0.2) is 42.5 Å². The molecule has 1 aliphatic carbocycles. The predicted molar refractivity (Wildman–Crippen MR) is 142 cm³/mol. The molecule has 0 amide bonds. The van der Waals surface area contributed by atoms with Crippen LogP contribution in [-0.2, 0) is 6.50 Å². The monoisotopic (exact) mass is 479 g/mol. The Bertz CT molecular complexity index is 1080. The van der Waals surface area contributed by atoms with E-state index in [4.69, 9.17) is 9.47 Å². The van der Waals surface area contributed by atoms with Gasteiger partial charge >= 0.3 is 0 Å². The van der Waals surface area contributed by atoms with Gasteiger partial charge in [0.25, 0.3) is 0 Å². The molecule has 1 N–H and O–H groups in total. The average molecular weight is 480 g/mol.